The number of nitrogens with zero attached hydrogens (tertiary/aromatic N) is 2. The molecule has 132 valence electrons. The number of para-hydroxylation sites is 2. The highest BCUT2D eigenvalue weighted by atomic mass is 32.2. The minimum atomic E-state index is -3.97. The van der Waals surface area contributed by atoms with Gasteiger partial charge in [0, 0.05) is 17.9 Å². The molecule has 0 radical (unpaired) electrons. The van der Waals surface area contributed by atoms with Crippen molar-refractivity contribution in [1.29, 1.82) is 0 Å². The van der Waals surface area contributed by atoms with Crippen LogP contribution in [0.2, 0.25) is 0 Å². The van der Waals surface area contributed by atoms with Gasteiger partial charge in [0.2, 0.25) is 5.91 Å². The molecule has 1 fully saturated rings. The summed E-state index contributed by atoms with van der Waals surface area (Å²) in [5.74, 6) is -0.259. The fourth-order valence-corrected chi connectivity index (χ4v) is 5.04. The molecule has 1 saturated heterocycles. The molecule has 2 N–H and O–H groups in total. The predicted octanol–water partition coefficient (Wildman–Crippen LogP) is 2.18. The standard InChI is InChI=1S/C18H16N4O3S/c1-19-16-11-18(14-9-5-6-10-15(14)20-17(18)23)12-22(16)26(24,25)21-13-7-3-2-4-8-13/h2-10,16,21H,11-12H2,(H,20,23)/t16-,18-/m0/s1. The minimum absolute atomic E-state index is 0.0644. The van der Waals surface area contributed by atoms with Gasteiger partial charge >= 0.3 is 10.2 Å². The van der Waals surface area contributed by atoms with E-state index in [1.807, 2.05) is 18.2 Å². The Morgan fingerprint density at radius 3 is 2.58 bits per heavy atom. The van der Waals surface area contributed by atoms with E-state index in [1.165, 1.54) is 0 Å². The van der Waals surface area contributed by atoms with Gasteiger partial charge in [-0.05, 0) is 23.8 Å². The zero-order valence-electron chi connectivity index (χ0n) is 13.7. The fourth-order valence-electron chi connectivity index (χ4n) is 3.65. The number of rotatable bonds is 3. The van der Waals surface area contributed by atoms with E-state index in [0.717, 1.165) is 9.87 Å². The number of carbonyl (C=O) groups is 1. The predicted molar refractivity (Wildman–Crippen MR) is 97.4 cm³/mol. The molecule has 8 heteroatoms. The van der Waals surface area contributed by atoms with Gasteiger partial charge in [-0.15, -0.1) is 4.31 Å². The Morgan fingerprint density at radius 1 is 1.15 bits per heavy atom. The van der Waals surface area contributed by atoms with Crippen molar-refractivity contribution in [3.63, 3.8) is 0 Å². The first-order valence-corrected chi connectivity index (χ1v) is 9.52. The van der Waals surface area contributed by atoms with Crippen LogP contribution in [0.25, 0.3) is 4.85 Å². The van der Waals surface area contributed by atoms with Crippen molar-refractivity contribution < 1.29 is 13.2 Å². The molecule has 0 bridgehead atoms. The summed E-state index contributed by atoms with van der Waals surface area (Å²) in [5, 5.41) is 2.81. The van der Waals surface area contributed by atoms with E-state index in [2.05, 4.69) is 14.9 Å². The van der Waals surface area contributed by atoms with Crippen LogP contribution in [0.3, 0.4) is 0 Å². The summed E-state index contributed by atoms with van der Waals surface area (Å²) in [5.41, 5.74) is 0.804. The molecular formula is C18H16N4O3S. The van der Waals surface area contributed by atoms with Crippen molar-refractivity contribution >= 4 is 27.5 Å². The number of anilines is 2. The van der Waals surface area contributed by atoms with E-state index in [0.29, 0.717) is 11.4 Å². The molecule has 26 heavy (non-hydrogen) atoms. The molecule has 2 heterocycles. The maximum absolute atomic E-state index is 12.9. The number of fused-ring (bicyclic) bond motifs is 2. The van der Waals surface area contributed by atoms with Crippen LogP contribution in [0.5, 0.6) is 0 Å². The fraction of sp³-hybridized carbons (Fsp3) is 0.222. The molecular weight excluding hydrogens is 352 g/mol. The topological polar surface area (TPSA) is 82.9 Å². The monoisotopic (exact) mass is 368 g/mol. The van der Waals surface area contributed by atoms with Crippen molar-refractivity contribution in [2.75, 3.05) is 16.6 Å². The van der Waals surface area contributed by atoms with Crippen molar-refractivity contribution in [3.05, 3.63) is 71.6 Å². The van der Waals surface area contributed by atoms with Crippen molar-refractivity contribution in [2.45, 2.75) is 18.0 Å². The largest absolute Gasteiger partial charge is 0.325 e. The average Bonchev–Trinajstić information content (AvgIpc) is 3.16. The Hall–Kier alpha value is -2.89. The van der Waals surface area contributed by atoms with Crippen LogP contribution in [0.4, 0.5) is 11.4 Å². The summed E-state index contributed by atoms with van der Waals surface area (Å²) in [7, 11) is -3.97. The molecule has 0 aliphatic carbocycles. The average molecular weight is 368 g/mol. The molecule has 2 aromatic carbocycles. The second-order valence-electron chi connectivity index (χ2n) is 6.41. The van der Waals surface area contributed by atoms with Gasteiger partial charge < -0.3 is 5.32 Å². The number of benzene rings is 2. The Bertz CT molecular complexity index is 1020. The summed E-state index contributed by atoms with van der Waals surface area (Å²) in [6.45, 7) is 7.38. The highest BCUT2D eigenvalue weighted by Gasteiger charge is 2.60. The second-order valence-corrected chi connectivity index (χ2v) is 8.04. The maximum Gasteiger partial charge on any atom is 0.307 e. The van der Waals surface area contributed by atoms with Gasteiger partial charge in [0.05, 0.1) is 11.8 Å². The van der Waals surface area contributed by atoms with E-state index in [9.17, 15) is 13.2 Å². The molecule has 2 aliphatic heterocycles. The first-order valence-electron chi connectivity index (χ1n) is 8.08. The maximum atomic E-state index is 12.9. The van der Waals surface area contributed by atoms with Crippen LogP contribution in [-0.4, -0.2) is 31.3 Å². The van der Waals surface area contributed by atoms with Crippen molar-refractivity contribution in [2.24, 2.45) is 0 Å². The summed E-state index contributed by atoms with van der Waals surface area (Å²) in [6.07, 6.45) is -0.803. The molecule has 2 aromatic rings. The van der Waals surface area contributed by atoms with E-state index < -0.39 is 21.8 Å². The summed E-state index contributed by atoms with van der Waals surface area (Å²) < 4.78 is 29.3. The summed E-state index contributed by atoms with van der Waals surface area (Å²) >= 11 is 0. The lowest BCUT2D eigenvalue weighted by Crippen LogP contribution is -2.42. The molecule has 1 amide bonds. The Kier molecular flexibility index (Phi) is 3.72. The molecule has 0 unspecified atom stereocenters. The normalized spacial score (nSPS) is 24.9. The van der Waals surface area contributed by atoms with Gasteiger partial charge in [0.15, 0.2) is 0 Å². The second kappa shape index (κ2) is 5.83. The molecule has 7 nitrogen and oxygen atoms in total. The molecule has 2 atom stereocenters. The van der Waals surface area contributed by atoms with E-state index in [1.54, 1.807) is 36.4 Å². The van der Waals surface area contributed by atoms with Gasteiger partial charge in [0.1, 0.15) is 0 Å². The zero-order valence-corrected chi connectivity index (χ0v) is 14.5. The Labute approximate surface area is 151 Å². The minimum Gasteiger partial charge on any atom is -0.325 e. The highest BCUT2D eigenvalue weighted by Crippen LogP contribution is 2.47. The van der Waals surface area contributed by atoms with Crippen molar-refractivity contribution in [3.8, 4) is 0 Å². The lowest BCUT2D eigenvalue weighted by Gasteiger charge is -2.21. The van der Waals surface area contributed by atoms with E-state index >= 15 is 0 Å². The van der Waals surface area contributed by atoms with Crippen LogP contribution in [0.15, 0.2) is 54.6 Å². The van der Waals surface area contributed by atoms with E-state index in [4.69, 9.17) is 6.57 Å². The summed E-state index contributed by atoms with van der Waals surface area (Å²) in [4.78, 5) is 16.2. The molecule has 1 spiro atoms. The number of hydrogen-bond donors (Lipinski definition) is 2. The van der Waals surface area contributed by atoms with E-state index in [-0.39, 0.29) is 18.9 Å². The van der Waals surface area contributed by atoms with Gasteiger partial charge in [-0.1, -0.05) is 36.4 Å². The van der Waals surface area contributed by atoms with Crippen LogP contribution in [0.1, 0.15) is 12.0 Å². The molecule has 0 saturated carbocycles. The molecule has 2 aliphatic rings. The third kappa shape index (κ3) is 2.44. The third-order valence-electron chi connectivity index (χ3n) is 4.89. The molecule has 4 rings (SSSR count). The Morgan fingerprint density at radius 2 is 1.85 bits per heavy atom. The SMILES string of the molecule is [C-]#[N+][C@@H]1C[C@@]2(CN1S(=O)(=O)Nc1ccccc1)C(=O)Nc1ccccc12. The Balaban J connectivity index is 1.71. The van der Waals surface area contributed by atoms with Gasteiger partial charge in [0.25, 0.3) is 6.17 Å². The zero-order chi connectivity index (χ0) is 18.4. The number of amides is 1. The lowest BCUT2D eigenvalue weighted by molar-refractivity contribution is -0.120. The highest BCUT2D eigenvalue weighted by molar-refractivity contribution is 7.90. The van der Waals surface area contributed by atoms with Gasteiger partial charge in [-0.3, -0.25) is 14.4 Å². The summed E-state index contributed by atoms with van der Waals surface area (Å²) in [6, 6.07) is 15.7. The van der Waals surface area contributed by atoms with Gasteiger partial charge in [-0.2, -0.15) is 8.42 Å². The molecule has 0 aromatic heterocycles. The van der Waals surface area contributed by atoms with Crippen LogP contribution in [0, 0.1) is 6.57 Å². The smallest absolute Gasteiger partial charge is 0.307 e. The third-order valence-corrected chi connectivity index (χ3v) is 6.38. The first-order chi connectivity index (χ1) is 12.5. The van der Waals surface area contributed by atoms with Crippen LogP contribution >= 0.6 is 0 Å². The number of hydrogen-bond acceptors (Lipinski definition) is 3. The van der Waals surface area contributed by atoms with Gasteiger partial charge in [-0.25, -0.2) is 6.57 Å². The van der Waals surface area contributed by atoms with Crippen molar-refractivity contribution in [1.82, 2.24) is 4.31 Å². The van der Waals surface area contributed by atoms with Crippen LogP contribution in [-0.2, 0) is 20.4 Å². The lowest BCUT2D eigenvalue weighted by atomic mass is 9.80. The quantitative estimate of drug-likeness (QED) is 0.815. The number of carbonyl (C=O) groups excluding carboxylic acids is 1. The van der Waals surface area contributed by atoms with Crippen LogP contribution < -0.4 is 10.0 Å². The number of nitrogens with one attached hydrogen (secondary N) is 2. The first kappa shape index (κ1) is 16.6.